The molecular formula is C11H19NO2. The van der Waals surface area contributed by atoms with Crippen molar-refractivity contribution in [3.8, 4) is 0 Å². The maximum atomic E-state index is 11.7. The monoisotopic (exact) mass is 197 g/mol. The first-order chi connectivity index (χ1) is 6.81. The Labute approximate surface area is 85.2 Å². The normalized spacial score (nSPS) is 36.5. The van der Waals surface area contributed by atoms with Crippen LogP contribution in [-0.2, 0) is 9.53 Å². The number of ether oxygens (including phenoxy) is 1. The molecule has 80 valence electrons. The number of esters is 1. The minimum absolute atomic E-state index is 0.0332. The highest BCUT2D eigenvalue weighted by atomic mass is 16.5. The molecule has 3 fully saturated rings. The number of rotatable bonds is 2. The lowest BCUT2D eigenvalue weighted by Crippen LogP contribution is -2.32. The molecule has 1 aliphatic carbocycles. The molecule has 0 aromatic carbocycles. The first-order valence-corrected chi connectivity index (χ1v) is 5.68. The molecule has 0 radical (unpaired) electrons. The zero-order valence-electron chi connectivity index (χ0n) is 8.79. The molecule has 14 heavy (non-hydrogen) atoms. The summed E-state index contributed by atoms with van der Waals surface area (Å²) in [6.07, 6.45) is 3.52. The Balaban J connectivity index is 2.01. The van der Waals surface area contributed by atoms with Gasteiger partial charge in [0.2, 0.25) is 0 Å². The largest absolute Gasteiger partial charge is 0.466 e. The summed E-state index contributed by atoms with van der Waals surface area (Å²) in [6.45, 7) is 4.48. The molecule has 3 rings (SSSR count). The number of nitrogens with one attached hydrogen (secondary N) is 1. The van der Waals surface area contributed by atoms with E-state index in [1.54, 1.807) is 0 Å². The van der Waals surface area contributed by atoms with E-state index >= 15 is 0 Å². The van der Waals surface area contributed by atoms with Crippen molar-refractivity contribution in [2.45, 2.75) is 26.2 Å². The Hall–Kier alpha value is -0.570. The van der Waals surface area contributed by atoms with Gasteiger partial charge >= 0.3 is 5.97 Å². The summed E-state index contributed by atoms with van der Waals surface area (Å²) in [7, 11) is 0. The number of carbonyl (C=O) groups excluding carboxylic acids is 1. The summed E-state index contributed by atoms with van der Waals surface area (Å²) in [5, 5.41) is 3.43. The van der Waals surface area contributed by atoms with E-state index in [0.717, 1.165) is 19.5 Å². The molecule has 3 aliphatic rings. The summed E-state index contributed by atoms with van der Waals surface area (Å²) >= 11 is 0. The fraction of sp³-hybridized carbons (Fsp3) is 0.909. The number of hydrogen-bond acceptors (Lipinski definition) is 3. The SMILES string of the molecule is CCOC(=O)[C@H]1C[C@H]2CC[C@@H]1CNC2. The van der Waals surface area contributed by atoms with Crippen LogP contribution in [0.15, 0.2) is 0 Å². The summed E-state index contributed by atoms with van der Waals surface area (Å²) < 4.78 is 5.12. The van der Waals surface area contributed by atoms with Crippen LogP contribution in [0.1, 0.15) is 26.2 Å². The average Bonchev–Trinajstić information content (AvgIpc) is 2.52. The van der Waals surface area contributed by atoms with Gasteiger partial charge in [-0.15, -0.1) is 0 Å². The topological polar surface area (TPSA) is 38.3 Å². The first kappa shape index (κ1) is 9.97. The Kier molecular flexibility index (Phi) is 3.06. The average molecular weight is 197 g/mol. The van der Waals surface area contributed by atoms with Crippen LogP contribution < -0.4 is 5.32 Å². The molecule has 1 saturated carbocycles. The fourth-order valence-corrected chi connectivity index (χ4v) is 2.76. The number of carbonyl (C=O) groups is 1. The summed E-state index contributed by atoms with van der Waals surface area (Å²) in [6, 6.07) is 0. The third kappa shape index (κ3) is 1.92. The molecule has 3 nitrogen and oxygen atoms in total. The summed E-state index contributed by atoms with van der Waals surface area (Å²) in [5.41, 5.74) is 0. The van der Waals surface area contributed by atoms with Gasteiger partial charge in [0.25, 0.3) is 0 Å². The van der Waals surface area contributed by atoms with Gasteiger partial charge in [-0.05, 0) is 51.1 Å². The van der Waals surface area contributed by atoms with E-state index in [-0.39, 0.29) is 11.9 Å². The second kappa shape index (κ2) is 4.30. The van der Waals surface area contributed by atoms with Gasteiger partial charge in [0.15, 0.2) is 0 Å². The van der Waals surface area contributed by atoms with Crippen LogP contribution in [0.5, 0.6) is 0 Å². The Morgan fingerprint density at radius 3 is 3.07 bits per heavy atom. The summed E-state index contributed by atoms with van der Waals surface area (Å²) in [4.78, 5) is 11.7. The Morgan fingerprint density at radius 1 is 1.43 bits per heavy atom. The number of hydrogen-bond donors (Lipinski definition) is 1. The molecule has 0 unspecified atom stereocenters. The van der Waals surface area contributed by atoms with Crippen LogP contribution in [-0.4, -0.2) is 25.7 Å². The lowest BCUT2D eigenvalue weighted by atomic mass is 9.75. The van der Waals surface area contributed by atoms with Crippen LogP contribution >= 0.6 is 0 Å². The van der Waals surface area contributed by atoms with Gasteiger partial charge in [0, 0.05) is 0 Å². The molecule has 2 saturated heterocycles. The Bertz CT molecular complexity index is 213. The van der Waals surface area contributed by atoms with Crippen molar-refractivity contribution >= 4 is 5.97 Å². The molecule has 2 bridgehead atoms. The van der Waals surface area contributed by atoms with Crippen molar-refractivity contribution in [3.63, 3.8) is 0 Å². The molecular weight excluding hydrogens is 178 g/mol. The Morgan fingerprint density at radius 2 is 2.29 bits per heavy atom. The maximum absolute atomic E-state index is 11.7. The van der Waals surface area contributed by atoms with E-state index in [4.69, 9.17) is 4.74 Å². The van der Waals surface area contributed by atoms with Crippen LogP contribution in [0.25, 0.3) is 0 Å². The van der Waals surface area contributed by atoms with Gasteiger partial charge in [0.1, 0.15) is 0 Å². The highest BCUT2D eigenvalue weighted by Crippen LogP contribution is 2.36. The quantitative estimate of drug-likeness (QED) is 0.676. The van der Waals surface area contributed by atoms with Crippen LogP contribution in [0.4, 0.5) is 0 Å². The maximum Gasteiger partial charge on any atom is 0.309 e. The molecule has 0 aromatic rings. The van der Waals surface area contributed by atoms with E-state index < -0.39 is 0 Å². The van der Waals surface area contributed by atoms with Gasteiger partial charge < -0.3 is 10.1 Å². The molecule has 1 N–H and O–H groups in total. The highest BCUT2D eigenvalue weighted by Gasteiger charge is 2.37. The molecule has 2 heterocycles. The fourth-order valence-electron chi connectivity index (χ4n) is 2.76. The predicted octanol–water partition coefficient (Wildman–Crippen LogP) is 1.19. The van der Waals surface area contributed by atoms with Crippen LogP contribution in [0.2, 0.25) is 0 Å². The van der Waals surface area contributed by atoms with Crippen LogP contribution in [0.3, 0.4) is 0 Å². The van der Waals surface area contributed by atoms with Gasteiger partial charge in [-0.2, -0.15) is 0 Å². The van der Waals surface area contributed by atoms with E-state index in [1.807, 2.05) is 6.92 Å². The molecule has 0 spiro atoms. The molecule has 3 atom stereocenters. The molecule has 0 amide bonds. The third-order valence-corrected chi connectivity index (χ3v) is 3.53. The second-order valence-electron chi connectivity index (χ2n) is 4.46. The van der Waals surface area contributed by atoms with Crippen molar-refractivity contribution < 1.29 is 9.53 Å². The number of fused-ring (bicyclic) bond motifs is 4. The van der Waals surface area contributed by atoms with Crippen molar-refractivity contribution in [3.05, 3.63) is 0 Å². The highest BCUT2D eigenvalue weighted by molar-refractivity contribution is 5.73. The van der Waals surface area contributed by atoms with Gasteiger partial charge in [0.05, 0.1) is 12.5 Å². The molecule has 3 heteroatoms. The van der Waals surface area contributed by atoms with Gasteiger partial charge in [-0.25, -0.2) is 0 Å². The van der Waals surface area contributed by atoms with E-state index in [1.165, 1.54) is 12.8 Å². The van der Waals surface area contributed by atoms with Crippen LogP contribution in [0, 0.1) is 17.8 Å². The first-order valence-electron chi connectivity index (χ1n) is 5.68. The van der Waals surface area contributed by atoms with Crippen molar-refractivity contribution in [2.24, 2.45) is 17.8 Å². The lowest BCUT2D eigenvalue weighted by molar-refractivity contribution is -0.151. The van der Waals surface area contributed by atoms with Crippen molar-refractivity contribution in [1.29, 1.82) is 0 Å². The molecule has 0 aromatic heterocycles. The van der Waals surface area contributed by atoms with E-state index in [0.29, 0.717) is 18.4 Å². The van der Waals surface area contributed by atoms with Crippen molar-refractivity contribution in [1.82, 2.24) is 5.32 Å². The van der Waals surface area contributed by atoms with Crippen molar-refractivity contribution in [2.75, 3.05) is 19.7 Å². The van der Waals surface area contributed by atoms with E-state index in [2.05, 4.69) is 5.32 Å². The van der Waals surface area contributed by atoms with Gasteiger partial charge in [-0.1, -0.05) is 0 Å². The summed E-state index contributed by atoms with van der Waals surface area (Å²) in [5.74, 6) is 1.42. The molecule has 2 aliphatic heterocycles. The van der Waals surface area contributed by atoms with Gasteiger partial charge in [-0.3, -0.25) is 4.79 Å². The lowest BCUT2D eigenvalue weighted by Gasteiger charge is -2.29. The second-order valence-corrected chi connectivity index (χ2v) is 4.46. The predicted molar refractivity (Wildman–Crippen MR) is 53.8 cm³/mol. The smallest absolute Gasteiger partial charge is 0.309 e. The van der Waals surface area contributed by atoms with E-state index in [9.17, 15) is 4.79 Å². The third-order valence-electron chi connectivity index (χ3n) is 3.53. The minimum atomic E-state index is 0.0332. The minimum Gasteiger partial charge on any atom is -0.466 e. The standard InChI is InChI=1S/C11H19NO2/c1-2-14-11(13)10-5-8-3-4-9(10)7-12-6-8/h8-10,12H,2-7H2,1H3/t8-,9-,10+/m1/s1. The zero-order chi connectivity index (χ0) is 9.97. The zero-order valence-corrected chi connectivity index (χ0v) is 8.79.